The summed E-state index contributed by atoms with van der Waals surface area (Å²) in [5, 5.41) is 2.49. The van der Waals surface area contributed by atoms with Crippen LogP contribution in [-0.2, 0) is 6.54 Å². The second kappa shape index (κ2) is 8.81. The van der Waals surface area contributed by atoms with Crippen LogP contribution < -0.4 is 14.8 Å². The fourth-order valence-electron chi connectivity index (χ4n) is 1.93. The lowest BCUT2D eigenvalue weighted by Gasteiger charge is -2.11. The number of nitrogens with one attached hydrogen (secondary N) is 1. The molecule has 0 aliphatic heterocycles. The largest absolute Gasteiger partial charge is 0.484 e. The minimum absolute atomic E-state index is 0.0496. The monoisotopic (exact) mass is 408 g/mol. The van der Waals surface area contributed by atoms with Gasteiger partial charge in [0.1, 0.15) is 11.5 Å². The third kappa shape index (κ3) is 7.72. The van der Waals surface area contributed by atoms with Crippen LogP contribution in [0, 0.1) is 0 Å². The van der Waals surface area contributed by atoms with E-state index < -0.39 is 31.5 Å². The summed E-state index contributed by atoms with van der Waals surface area (Å²) in [5.74, 6) is -0.784. The first-order valence-electron chi connectivity index (χ1n) is 7.74. The Labute approximate surface area is 155 Å². The molecule has 0 bridgehead atoms. The Hall–Kier alpha value is -2.98. The van der Waals surface area contributed by atoms with Gasteiger partial charge in [-0.1, -0.05) is 6.07 Å². The second-order valence-electron chi connectivity index (χ2n) is 5.50. The first-order valence-corrected chi connectivity index (χ1v) is 7.74. The predicted molar refractivity (Wildman–Crippen MR) is 84.9 cm³/mol. The lowest BCUT2D eigenvalue weighted by Crippen LogP contribution is -2.23. The van der Waals surface area contributed by atoms with Crippen LogP contribution in [0.3, 0.4) is 0 Å². The molecule has 0 fully saturated rings. The van der Waals surface area contributed by atoms with E-state index >= 15 is 0 Å². The van der Waals surface area contributed by atoms with E-state index in [0.717, 1.165) is 12.3 Å². The number of carbonyl (C=O) groups excluding carboxylic acids is 1. The minimum atomic E-state index is -4.50. The highest BCUT2D eigenvalue weighted by Crippen LogP contribution is 2.20. The van der Waals surface area contributed by atoms with E-state index in [-0.39, 0.29) is 23.6 Å². The summed E-state index contributed by atoms with van der Waals surface area (Å²) in [7, 11) is 0. The van der Waals surface area contributed by atoms with E-state index in [1.807, 2.05) is 0 Å². The number of hydrogen-bond acceptors (Lipinski definition) is 4. The molecule has 1 amide bonds. The first-order chi connectivity index (χ1) is 13.0. The van der Waals surface area contributed by atoms with Crippen molar-refractivity contribution in [2.75, 3.05) is 13.2 Å². The smallest absolute Gasteiger partial charge is 0.422 e. The number of rotatable bonds is 7. The van der Waals surface area contributed by atoms with Gasteiger partial charge in [-0.25, -0.2) is 0 Å². The zero-order valence-corrected chi connectivity index (χ0v) is 14.1. The molecule has 5 nitrogen and oxygen atoms in total. The van der Waals surface area contributed by atoms with Crippen molar-refractivity contribution in [2.45, 2.75) is 18.9 Å². The lowest BCUT2D eigenvalue weighted by molar-refractivity contribution is -0.154. The highest BCUT2D eigenvalue weighted by molar-refractivity contribution is 5.94. The van der Waals surface area contributed by atoms with Crippen LogP contribution in [0.15, 0.2) is 42.6 Å². The van der Waals surface area contributed by atoms with Crippen LogP contribution in [0.25, 0.3) is 0 Å². The molecule has 11 heteroatoms. The topological polar surface area (TPSA) is 60.5 Å². The Morgan fingerprint density at radius 1 is 0.929 bits per heavy atom. The number of alkyl halides is 6. The van der Waals surface area contributed by atoms with Gasteiger partial charge in [0.2, 0.25) is 0 Å². The summed E-state index contributed by atoms with van der Waals surface area (Å²) in [4.78, 5) is 15.9. The van der Waals surface area contributed by atoms with E-state index in [1.165, 1.54) is 30.3 Å². The average molecular weight is 408 g/mol. The summed E-state index contributed by atoms with van der Waals surface area (Å²) in [6, 6.07) is 7.83. The number of benzene rings is 1. The molecule has 1 aromatic heterocycles. The quantitative estimate of drug-likeness (QED) is 0.707. The van der Waals surface area contributed by atoms with Crippen LogP contribution in [0.5, 0.6) is 11.5 Å². The van der Waals surface area contributed by atoms with Crippen molar-refractivity contribution in [3.8, 4) is 11.5 Å². The maximum atomic E-state index is 12.2. The number of hydrogen-bond donors (Lipinski definition) is 1. The van der Waals surface area contributed by atoms with Gasteiger partial charge in [0.25, 0.3) is 5.91 Å². The Bertz CT molecular complexity index is 791. The molecular weight excluding hydrogens is 394 g/mol. The number of carbonyl (C=O) groups is 1. The zero-order valence-electron chi connectivity index (χ0n) is 14.1. The van der Waals surface area contributed by atoms with Crippen LogP contribution in [-0.4, -0.2) is 36.5 Å². The normalized spacial score (nSPS) is 11.8. The molecule has 152 valence electrons. The van der Waals surface area contributed by atoms with E-state index in [9.17, 15) is 31.1 Å². The molecular formula is C17H14F6N2O3. The van der Waals surface area contributed by atoms with Crippen molar-refractivity contribution in [1.29, 1.82) is 0 Å². The molecule has 1 heterocycles. The summed E-state index contributed by atoms with van der Waals surface area (Å²) in [6.45, 7) is -2.98. The lowest BCUT2D eigenvalue weighted by atomic mass is 10.2. The third-order valence-electron chi connectivity index (χ3n) is 3.13. The zero-order chi connectivity index (χ0) is 20.8. The Morgan fingerprint density at radius 2 is 1.57 bits per heavy atom. The molecule has 0 atom stereocenters. The molecule has 0 unspecified atom stereocenters. The molecule has 0 saturated carbocycles. The molecule has 2 aromatic rings. The highest BCUT2D eigenvalue weighted by atomic mass is 19.4. The summed E-state index contributed by atoms with van der Waals surface area (Å²) in [6.07, 6.45) is -7.89. The fourth-order valence-corrected chi connectivity index (χ4v) is 1.93. The number of amides is 1. The maximum absolute atomic E-state index is 12.2. The summed E-state index contributed by atoms with van der Waals surface area (Å²) in [5.41, 5.74) is 0.419. The number of halogens is 6. The summed E-state index contributed by atoms with van der Waals surface area (Å²) < 4.78 is 81.8. The molecule has 0 radical (unpaired) electrons. The molecule has 0 saturated heterocycles. The Balaban J connectivity index is 1.88. The first kappa shape index (κ1) is 21.3. The van der Waals surface area contributed by atoms with Gasteiger partial charge in [0.15, 0.2) is 13.2 Å². The molecule has 0 spiro atoms. The molecule has 1 N–H and O–H groups in total. The Kier molecular flexibility index (Phi) is 6.71. The maximum Gasteiger partial charge on any atom is 0.422 e. The predicted octanol–water partition coefficient (Wildman–Crippen LogP) is 3.89. The van der Waals surface area contributed by atoms with E-state index in [0.29, 0.717) is 5.69 Å². The molecule has 0 aliphatic carbocycles. The number of pyridine rings is 1. The van der Waals surface area contributed by atoms with Gasteiger partial charge in [-0.15, -0.1) is 0 Å². The van der Waals surface area contributed by atoms with Gasteiger partial charge >= 0.3 is 12.4 Å². The Morgan fingerprint density at radius 3 is 2.14 bits per heavy atom. The van der Waals surface area contributed by atoms with Gasteiger partial charge in [-0.05, 0) is 30.3 Å². The standard InChI is InChI=1S/C17H14F6N2O3/c18-16(19,20)9-27-13-3-1-2-11(6-13)15(26)25-7-12-4-5-14(8-24-12)28-10-17(21,22)23/h1-6,8H,7,9-10H2,(H,25,26). The van der Waals surface area contributed by atoms with Crippen molar-refractivity contribution >= 4 is 5.91 Å². The van der Waals surface area contributed by atoms with Crippen LogP contribution in [0.4, 0.5) is 26.3 Å². The number of ether oxygens (including phenoxy) is 2. The van der Waals surface area contributed by atoms with Gasteiger partial charge in [0.05, 0.1) is 18.4 Å². The molecule has 28 heavy (non-hydrogen) atoms. The van der Waals surface area contributed by atoms with Crippen LogP contribution in [0.1, 0.15) is 16.1 Å². The summed E-state index contributed by atoms with van der Waals surface area (Å²) >= 11 is 0. The van der Waals surface area contributed by atoms with Gasteiger partial charge < -0.3 is 14.8 Å². The minimum Gasteiger partial charge on any atom is -0.484 e. The van der Waals surface area contributed by atoms with Crippen molar-refractivity contribution in [2.24, 2.45) is 0 Å². The molecule has 2 rings (SSSR count). The van der Waals surface area contributed by atoms with Crippen LogP contribution in [0.2, 0.25) is 0 Å². The second-order valence-corrected chi connectivity index (χ2v) is 5.50. The van der Waals surface area contributed by atoms with E-state index in [2.05, 4.69) is 19.8 Å². The molecule has 1 aromatic carbocycles. The molecule has 0 aliphatic rings. The van der Waals surface area contributed by atoms with Gasteiger partial charge in [-0.3, -0.25) is 9.78 Å². The average Bonchev–Trinajstić information content (AvgIpc) is 2.62. The van der Waals surface area contributed by atoms with Crippen molar-refractivity contribution < 1.29 is 40.6 Å². The fraction of sp³-hybridized carbons (Fsp3) is 0.294. The highest BCUT2D eigenvalue weighted by Gasteiger charge is 2.29. The third-order valence-corrected chi connectivity index (χ3v) is 3.13. The van der Waals surface area contributed by atoms with Crippen molar-refractivity contribution in [3.63, 3.8) is 0 Å². The van der Waals surface area contributed by atoms with E-state index in [1.54, 1.807) is 0 Å². The van der Waals surface area contributed by atoms with Crippen molar-refractivity contribution in [3.05, 3.63) is 53.9 Å². The van der Waals surface area contributed by atoms with Crippen molar-refractivity contribution in [1.82, 2.24) is 10.3 Å². The van der Waals surface area contributed by atoms with E-state index in [4.69, 9.17) is 0 Å². The number of nitrogens with zero attached hydrogens (tertiary/aromatic N) is 1. The SMILES string of the molecule is O=C(NCc1ccc(OCC(F)(F)F)cn1)c1cccc(OCC(F)(F)F)c1. The van der Waals surface area contributed by atoms with Gasteiger partial charge in [-0.2, -0.15) is 26.3 Å². The number of aromatic nitrogens is 1. The van der Waals surface area contributed by atoms with Crippen LogP contribution >= 0.6 is 0 Å². The van der Waals surface area contributed by atoms with Gasteiger partial charge in [0, 0.05) is 5.56 Å².